The van der Waals surface area contributed by atoms with E-state index in [4.69, 9.17) is 23.7 Å². The van der Waals surface area contributed by atoms with Crippen LogP contribution in [-0.4, -0.2) is 129 Å². The highest BCUT2D eigenvalue weighted by atomic mass is 16.6. The number of rotatable bonds is 15. The summed E-state index contributed by atoms with van der Waals surface area (Å²) in [5.41, 5.74) is 5.57. The second-order valence-electron chi connectivity index (χ2n) is 19.6. The molecule has 4 unspecified atom stereocenters. The average Bonchev–Trinajstić information content (AvgIpc) is 4.01. The van der Waals surface area contributed by atoms with Crippen molar-refractivity contribution in [2.45, 2.75) is 83.2 Å². The van der Waals surface area contributed by atoms with E-state index in [2.05, 4.69) is 9.80 Å². The van der Waals surface area contributed by atoms with Crippen LogP contribution in [0.3, 0.4) is 0 Å². The number of phenols is 1. The van der Waals surface area contributed by atoms with Gasteiger partial charge < -0.3 is 28.8 Å². The van der Waals surface area contributed by atoms with Crippen molar-refractivity contribution in [2.24, 2.45) is 0 Å². The lowest BCUT2D eigenvalue weighted by molar-refractivity contribution is -0.131. The summed E-state index contributed by atoms with van der Waals surface area (Å²) in [6.45, 7) is 5.77. The highest BCUT2D eigenvalue weighted by Crippen LogP contribution is 2.34. The van der Waals surface area contributed by atoms with Gasteiger partial charge in [-0.15, -0.1) is 0 Å². The molecule has 17 nitrogen and oxygen atoms in total. The highest BCUT2D eigenvalue weighted by Gasteiger charge is 2.52. The summed E-state index contributed by atoms with van der Waals surface area (Å²) in [5.74, 6) is 0.405. The second-order valence-corrected chi connectivity index (χ2v) is 19.6. The lowest BCUT2D eigenvalue weighted by Crippen LogP contribution is -2.50. The average molecular weight is 1050 g/mol. The van der Waals surface area contributed by atoms with Crippen LogP contribution in [0.15, 0.2) is 170 Å². The summed E-state index contributed by atoms with van der Waals surface area (Å²) in [6, 6.07) is 51.7. The first-order valence-corrected chi connectivity index (χ1v) is 26.0. The van der Waals surface area contributed by atoms with E-state index in [0.29, 0.717) is 44.8 Å². The molecule has 4 fully saturated rings. The van der Waals surface area contributed by atoms with Crippen LogP contribution < -0.4 is 4.74 Å². The zero-order chi connectivity index (χ0) is 53.5. The number of carbonyl (C=O) groups is 5. The summed E-state index contributed by atoms with van der Waals surface area (Å²) in [7, 11) is 0. The van der Waals surface area contributed by atoms with Crippen LogP contribution in [0, 0.1) is 0 Å². The number of fused-ring (bicyclic) bond motifs is 4. The number of esters is 1. The molecule has 4 atom stereocenters. The number of amides is 4. The van der Waals surface area contributed by atoms with E-state index in [0.717, 1.165) is 59.3 Å². The predicted octanol–water partition coefficient (Wildman–Crippen LogP) is 9.39. The quantitative estimate of drug-likeness (QED) is 0.0587. The fourth-order valence-electron chi connectivity index (χ4n) is 10.4. The number of carbonyl (C=O) groups excluding carboxylic acids is 5. The summed E-state index contributed by atoms with van der Waals surface area (Å²) in [5, 5.41) is 15.6. The molecule has 0 aromatic heterocycles. The van der Waals surface area contributed by atoms with Crippen molar-refractivity contribution in [2.75, 3.05) is 39.3 Å². The van der Waals surface area contributed by atoms with Gasteiger partial charge in [0.25, 0.3) is 0 Å². The molecule has 17 heteroatoms. The standard InChI is InChI=1S/C31H33N3O6.C29H31N3O5/c1-23(35)40-29-14-8-13-24(17-29)15-16-32-19-27-18-28(20-32)34(31(37)39-22-26-11-6-3-7-12-26)33(27)30(36)38-21-25-9-4-2-5-10-25;33-27-13-7-12-22(16-27)14-15-30-18-25-17-26(19-30)32(29(35)37-21-24-10-5-2-6-11-24)31(25)28(34)36-20-23-8-3-1-4-9-23/h2-14,17,27-28H,15-16,18-22H2,1H3;1-13,16,25-26,33H,14-15,17-21H2. The van der Waals surface area contributed by atoms with E-state index >= 15 is 0 Å². The van der Waals surface area contributed by atoms with Crippen LogP contribution in [0.4, 0.5) is 19.2 Å². The first kappa shape index (κ1) is 53.4. The lowest BCUT2D eigenvalue weighted by Gasteiger charge is -2.30. The number of aromatic hydroxyl groups is 1. The summed E-state index contributed by atoms with van der Waals surface area (Å²) in [4.78, 5) is 69.1. The normalized spacial score (nSPS) is 18.7. The maximum atomic E-state index is 13.4. The Bertz CT molecular complexity index is 2780. The zero-order valence-electron chi connectivity index (χ0n) is 43.1. The van der Waals surface area contributed by atoms with Gasteiger partial charge in [-0.2, -0.15) is 0 Å². The minimum atomic E-state index is -0.566. The fourth-order valence-corrected chi connectivity index (χ4v) is 10.4. The van der Waals surface area contributed by atoms with E-state index in [-0.39, 0.29) is 62.3 Å². The van der Waals surface area contributed by atoms with Crippen molar-refractivity contribution in [1.82, 2.24) is 29.8 Å². The Balaban J connectivity index is 0.000000188. The summed E-state index contributed by atoms with van der Waals surface area (Å²) >= 11 is 0. The van der Waals surface area contributed by atoms with Crippen LogP contribution in [0.1, 0.15) is 53.1 Å². The van der Waals surface area contributed by atoms with Gasteiger partial charge in [-0.1, -0.05) is 146 Å². The molecule has 4 saturated heterocycles. The van der Waals surface area contributed by atoms with Crippen LogP contribution in [-0.2, 0) is 63.0 Å². The molecule has 0 radical (unpaired) electrons. The third-order valence-corrected chi connectivity index (χ3v) is 13.9. The van der Waals surface area contributed by atoms with Gasteiger partial charge in [-0.3, -0.25) is 14.6 Å². The molecule has 6 aromatic carbocycles. The van der Waals surface area contributed by atoms with E-state index < -0.39 is 24.4 Å². The maximum Gasteiger partial charge on any atom is 0.429 e. The molecule has 4 bridgehead atoms. The van der Waals surface area contributed by atoms with Crippen LogP contribution >= 0.6 is 0 Å². The zero-order valence-corrected chi connectivity index (χ0v) is 43.1. The molecule has 4 aliphatic rings. The number of likely N-dealkylation sites (tertiary alicyclic amines) is 2. The van der Waals surface area contributed by atoms with Gasteiger partial charge >= 0.3 is 30.3 Å². The Morgan fingerprint density at radius 1 is 0.416 bits per heavy atom. The number of piperidine rings is 2. The minimum Gasteiger partial charge on any atom is -0.508 e. The number of benzene rings is 6. The van der Waals surface area contributed by atoms with Crippen molar-refractivity contribution < 1.29 is 52.8 Å². The third-order valence-electron chi connectivity index (χ3n) is 13.9. The minimum absolute atomic E-state index is 0.114. The molecule has 4 amide bonds. The molecule has 0 saturated carbocycles. The molecule has 4 aliphatic heterocycles. The van der Waals surface area contributed by atoms with Gasteiger partial charge in [0.05, 0.1) is 24.2 Å². The Kier molecular flexibility index (Phi) is 18.0. The number of hydrogen-bond donors (Lipinski definition) is 1. The molecule has 6 aromatic rings. The molecule has 1 N–H and O–H groups in total. The van der Waals surface area contributed by atoms with Crippen molar-refractivity contribution in [1.29, 1.82) is 0 Å². The van der Waals surface area contributed by atoms with Gasteiger partial charge in [-0.25, -0.2) is 39.2 Å². The Labute approximate surface area is 448 Å². The molecule has 77 heavy (non-hydrogen) atoms. The van der Waals surface area contributed by atoms with Crippen molar-refractivity contribution in [3.63, 3.8) is 0 Å². The van der Waals surface area contributed by atoms with Gasteiger partial charge in [-0.05, 0) is 83.3 Å². The molecule has 400 valence electrons. The second kappa shape index (κ2) is 25.9. The first-order valence-electron chi connectivity index (χ1n) is 26.0. The molecular formula is C60H64N6O11. The van der Waals surface area contributed by atoms with Gasteiger partial charge in [0.1, 0.15) is 37.9 Å². The molecule has 4 heterocycles. The summed E-state index contributed by atoms with van der Waals surface area (Å²) < 4.78 is 27.8. The fraction of sp³-hybridized carbons (Fsp3) is 0.317. The van der Waals surface area contributed by atoms with Crippen molar-refractivity contribution in [3.8, 4) is 11.5 Å². The Morgan fingerprint density at radius 3 is 1.05 bits per heavy atom. The van der Waals surface area contributed by atoms with E-state index in [1.807, 2.05) is 152 Å². The van der Waals surface area contributed by atoms with Crippen molar-refractivity contribution >= 4 is 30.3 Å². The number of phenolic OH excluding ortho intramolecular Hbond substituents is 1. The number of hydrazine groups is 2. The van der Waals surface area contributed by atoms with Crippen LogP contribution in [0.5, 0.6) is 11.5 Å². The van der Waals surface area contributed by atoms with Gasteiger partial charge in [0, 0.05) is 46.2 Å². The van der Waals surface area contributed by atoms with E-state index in [1.165, 1.54) is 27.0 Å². The lowest BCUT2D eigenvalue weighted by atomic mass is 10.0. The molecule has 0 aliphatic carbocycles. The van der Waals surface area contributed by atoms with Crippen LogP contribution in [0.25, 0.3) is 0 Å². The first-order chi connectivity index (χ1) is 37.5. The maximum absolute atomic E-state index is 13.4. The SMILES string of the molecule is CC(=O)Oc1cccc(CCN2CC3CC(C2)N(C(=O)OCc2ccccc2)N3C(=O)OCc2ccccc2)c1.O=C(OCc1ccccc1)N1C2CC(CN(CCc3cccc(O)c3)C2)N1C(=O)OCc1ccccc1. The monoisotopic (exact) mass is 1040 g/mol. The number of ether oxygens (including phenoxy) is 5. The third kappa shape index (κ3) is 14.5. The number of nitrogens with zero attached hydrogens (tertiary/aromatic N) is 6. The Morgan fingerprint density at radius 2 is 0.727 bits per heavy atom. The topological polar surface area (TPSA) is 171 Å². The molecular weight excluding hydrogens is 981 g/mol. The van der Waals surface area contributed by atoms with Gasteiger partial charge in [0.2, 0.25) is 0 Å². The Hall–Kier alpha value is -8.41. The summed E-state index contributed by atoms with van der Waals surface area (Å²) in [6.07, 6.45) is 0.567. The van der Waals surface area contributed by atoms with Crippen LogP contribution in [0.2, 0.25) is 0 Å². The van der Waals surface area contributed by atoms with Crippen molar-refractivity contribution in [3.05, 3.63) is 203 Å². The predicted molar refractivity (Wildman–Crippen MR) is 284 cm³/mol. The number of hydrogen-bond acceptors (Lipinski definition) is 13. The highest BCUT2D eigenvalue weighted by molar-refractivity contribution is 5.77. The largest absolute Gasteiger partial charge is 0.508 e. The molecule has 0 spiro atoms. The smallest absolute Gasteiger partial charge is 0.429 e. The molecule has 10 rings (SSSR count). The van der Waals surface area contributed by atoms with E-state index in [1.54, 1.807) is 18.2 Å². The van der Waals surface area contributed by atoms with E-state index in [9.17, 15) is 29.1 Å². The van der Waals surface area contributed by atoms with Gasteiger partial charge in [0.15, 0.2) is 0 Å².